The number of carbonyl (C=O) groups excluding carboxylic acids is 1. The highest BCUT2D eigenvalue weighted by Crippen LogP contribution is 2.32. The number of hydrogen-bond acceptors (Lipinski definition) is 7. The molecule has 2 heterocycles. The van der Waals surface area contributed by atoms with E-state index in [1.165, 1.54) is 12.8 Å². The summed E-state index contributed by atoms with van der Waals surface area (Å²) >= 11 is 0. The van der Waals surface area contributed by atoms with Crippen LogP contribution in [0.2, 0.25) is 0 Å². The maximum atomic E-state index is 12.5. The van der Waals surface area contributed by atoms with Gasteiger partial charge in [0.1, 0.15) is 12.4 Å². The van der Waals surface area contributed by atoms with Crippen molar-refractivity contribution < 1.29 is 9.32 Å². The first kappa shape index (κ1) is 20.2. The third kappa shape index (κ3) is 5.29. The third-order valence-electron chi connectivity index (χ3n) is 5.10. The van der Waals surface area contributed by atoms with E-state index >= 15 is 0 Å². The monoisotopic (exact) mass is 409 g/mol. The van der Waals surface area contributed by atoms with Crippen LogP contribution in [0.15, 0.2) is 34.9 Å². The van der Waals surface area contributed by atoms with Crippen molar-refractivity contribution in [2.45, 2.75) is 58.2 Å². The molecule has 30 heavy (non-hydrogen) atoms. The highest BCUT2D eigenvalue weighted by molar-refractivity contribution is 5.75. The molecular formula is C21H27N7O2. The summed E-state index contributed by atoms with van der Waals surface area (Å²) in [5.74, 6) is 2.84. The van der Waals surface area contributed by atoms with Gasteiger partial charge in [0.15, 0.2) is 11.6 Å². The summed E-state index contributed by atoms with van der Waals surface area (Å²) < 4.78 is 6.74. The Morgan fingerprint density at radius 1 is 1.27 bits per heavy atom. The Bertz CT molecular complexity index is 978. The molecule has 1 aliphatic carbocycles. The molecular weight excluding hydrogens is 382 g/mol. The molecule has 0 radical (unpaired) electrons. The minimum absolute atomic E-state index is 0.0459. The van der Waals surface area contributed by atoms with Gasteiger partial charge < -0.3 is 15.6 Å². The number of rotatable bonds is 10. The van der Waals surface area contributed by atoms with E-state index in [4.69, 9.17) is 10.3 Å². The van der Waals surface area contributed by atoms with Gasteiger partial charge in [0.25, 0.3) is 0 Å². The van der Waals surface area contributed by atoms with Crippen LogP contribution in [0, 0.1) is 5.92 Å². The third-order valence-corrected chi connectivity index (χ3v) is 5.10. The second-order valence-electron chi connectivity index (χ2n) is 7.72. The van der Waals surface area contributed by atoms with Gasteiger partial charge in [-0.25, -0.2) is 9.67 Å². The molecule has 3 N–H and O–H groups in total. The largest absolute Gasteiger partial charge is 0.345 e. The summed E-state index contributed by atoms with van der Waals surface area (Å²) in [7, 11) is 0. The zero-order valence-corrected chi connectivity index (χ0v) is 17.1. The van der Waals surface area contributed by atoms with Gasteiger partial charge in [-0.15, -0.1) is 0 Å². The van der Waals surface area contributed by atoms with Crippen LogP contribution >= 0.6 is 0 Å². The second-order valence-corrected chi connectivity index (χ2v) is 7.72. The van der Waals surface area contributed by atoms with E-state index in [1.54, 1.807) is 4.68 Å². The first-order valence-electron chi connectivity index (χ1n) is 10.4. The fourth-order valence-electron chi connectivity index (χ4n) is 3.29. The molecule has 0 bridgehead atoms. The maximum absolute atomic E-state index is 12.5. The predicted molar refractivity (Wildman–Crippen MR) is 109 cm³/mol. The van der Waals surface area contributed by atoms with E-state index in [-0.39, 0.29) is 25.0 Å². The number of nitrogens with one attached hydrogen (secondary N) is 1. The minimum Gasteiger partial charge on any atom is -0.345 e. The molecule has 1 atom stereocenters. The van der Waals surface area contributed by atoms with Gasteiger partial charge in [0, 0.05) is 12.8 Å². The fourth-order valence-corrected chi connectivity index (χ4v) is 3.29. The standard InChI is InChI=1S/C21H27N7O2/c1-2-17-24-20(30-27-17)12-23-19(29)13-28-21(25-18(26-28)11-15-8-9-15)16(22)10-14-6-4-3-5-7-14/h3-7,15-16H,2,8-13,22H2,1H3,(H,23,29)/t16-/m1/s1. The van der Waals surface area contributed by atoms with Gasteiger partial charge in [-0.3, -0.25) is 4.79 Å². The second kappa shape index (κ2) is 9.17. The van der Waals surface area contributed by atoms with Gasteiger partial charge in [-0.1, -0.05) is 42.4 Å². The summed E-state index contributed by atoms with van der Waals surface area (Å²) in [5.41, 5.74) is 7.58. The molecule has 0 unspecified atom stereocenters. The van der Waals surface area contributed by atoms with E-state index in [9.17, 15) is 4.79 Å². The number of nitrogens with zero attached hydrogens (tertiary/aromatic N) is 5. The van der Waals surface area contributed by atoms with Crippen LogP contribution in [0.3, 0.4) is 0 Å². The molecule has 0 saturated heterocycles. The lowest BCUT2D eigenvalue weighted by Gasteiger charge is -2.12. The van der Waals surface area contributed by atoms with Crippen LogP contribution < -0.4 is 11.1 Å². The van der Waals surface area contributed by atoms with Crippen molar-refractivity contribution in [1.82, 2.24) is 30.2 Å². The zero-order chi connectivity index (χ0) is 20.9. The van der Waals surface area contributed by atoms with Crippen LogP contribution in [0.25, 0.3) is 0 Å². The van der Waals surface area contributed by atoms with E-state index in [0.29, 0.717) is 36.3 Å². The lowest BCUT2D eigenvalue weighted by atomic mass is 10.1. The SMILES string of the molecule is CCc1noc(CNC(=O)Cn2nc(CC3CC3)nc2[C@H](N)Cc2ccccc2)n1. The molecule has 1 amide bonds. The zero-order valence-electron chi connectivity index (χ0n) is 17.1. The Hall–Kier alpha value is -3.07. The summed E-state index contributed by atoms with van der Waals surface area (Å²) in [6.45, 7) is 2.17. The molecule has 4 rings (SSSR count). The van der Waals surface area contributed by atoms with Crippen LogP contribution in [0.4, 0.5) is 0 Å². The summed E-state index contributed by atoms with van der Waals surface area (Å²) in [6, 6.07) is 9.67. The summed E-state index contributed by atoms with van der Waals surface area (Å²) in [5, 5.41) is 11.2. The topological polar surface area (TPSA) is 125 Å². The Balaban J connectivity index is 1.43. The molecule has 1 fully saturated rings. The highest BCUT2D eigenvalue weighted by atomic mass is 16.5. The van der Waals surface area contributed by atoms with Gasteiger partial charge in [-0.05, 0) is 30.7 Å². The molecule has 2 aromatic heterocycles. The van der Waals surface area contributed by atoms with E-state index < -0.39 is 0 Å². The highest BCUT2D eigenvalue weighted by Gasteiger charge is 2.26. The quantitative estimate of drug-likeness (QED) is 0.522. The molecule has 0 spiro atoms. The van der Waals surface area contributed by atoms with Crippen molar-refractivity contribution in [1.29, 1.82) is 0 Å². The van der Waals surface area contributed by atoms with Crippen molar-refractivity contribution in [3.05, 3.63) is 59.3 Å². The van der Waals surface area contributed by atoms with Gasteiger partial charge in [0.05, 0.1) is 12.6 Å². The molecule has 1 aliphatic rings. The van der Waals surface area contributed by atoms with Crippen molar-refractivity contribution in [3.63, 3.8) is 0 Å². The first-order chi connectivity index (χ1) is 14.6. The number of hydrogen-bond donors (Lipinski definition) is 2. The maximum Gasteiger partial charge on any atom is 0.246 e. The number of aromatic nitrogens is 5. The smallest absolute Gasteiger partial charge is 0.246 e. The summed E-state index contributed by atoms with van der Waals surface area (Å²) in [4.78, 5) is 21.4. The van der Waals surface area contributed by atoms with Gasteiger partial charge in [0.2, 0.25) is 11.8 Å². The fraction of sp³-hybridized carbons (Fsp3) is 0.476. The Morgan fingerprint density at radius 3 is 2.77 bits per heavy atom. The molecule has 9 nitrogen and oxygen atoms in total. The molecule has 1 aromatic carbocycles. The van der Waals surface area contributed by atoms with Gasteiger partial charge >= 0.3 is 0 Å². The number of carbonyl (C=O) groups is 1. The van der Waals surface area contributed by atoms with Crippen molar-refractivity contribution in [3.8, 4) is 0 Å². The van der Waals surface area contributed by atoms with Crippen molar-refractivity contribution in [2.75, 3.05) is 0 Å². The lowest BCUT2D eigenvalue weighted by Crippen LogP contribution is -2.30. The number of amides is 1. The average molecular weight is 409 g/mol. The molecule has 9 heteroatoms. The Morgan fingerprint density at radius 2 is 2.07 bits per heavy atom. The molecule has 158 valence electrons. The predicted octanol–water partition coefficient (Wildman–Crippen LogP) is 1.73. The van der Waals surface area contributed by atoms with E-state index in [0.717, 1.165) is 17.8 Å². The van der Waals surface area contributed by atoms with E-state index in [2.05, 4.69) is 25.5 Å². The first-order valence-corrected chi connectivity index (χ1v) is 10.4. The number of aryl methyl sites for hydroxylation is 1. The molecule has 3 aromatic rings. The van der Waals surface area contributed by atoms with Crippen LogP contribution in [-0.2, 0) is 37.1 Å². The Labute approximate surface area is 175 Å². The number of benzene rings is 1. The normalized spacial score (nSPS) is 14.6. The van der Waals surface area contributed by atoms with Crippen LogP contribution in [0.5, 0.6) is 0 Å². The van der Waals surface area contributed by atoms with Crippen LogP contribution in [-0.4, -0.2) is 30.8 Å². The minimum atomic E-state index is -0.344. The Kier molecular flexibility index (Phi) is 6.18. The molecule has 0 aliphatic heterocycles. The van der Waals surface area contributed by atoms with Crippen molar-refractivity contribution >= 4 is 5.91 Å². The lowest BCUT2D eigenvalue weighted by molar-refractivity contribution is -0.122. The average Bonchev–Trinajstić information content (AvgIpc) is 3.28. The van der Waals surface area contributed by atoms with E-state index in [1.807, 2.05) is 37.3 Å². The van der Waals surface area contributed by atoms with Crippen LogP contribution in [0.1, 0.15) is 54.7 Å². The summed E-state index contributed by atoms with van der Waals surface area (Å²) in [6.07, 6.45) is 4.57. The van der Waals surface area contributed by atoms with Crippen molar-refractivity contribution in [2.24, 2.45) is 11.7 Å². The number of nitrogens with two attached hydrogens (primary N) is 1. The van der Waals surface area contributed by atoms with Gasteiger partial charge in [-0.2, -0.15) is 10.1 Å². The molecule has 1 saturated carbocycles.